The van der Waals surface area contributed by atoms with Crippen LogP contribution in [0.3, 0.4) is 0 Å². The summed E-state index contributed by atoms with van der Waals surface area (Å²) >= 11 is 5.74. The van der Waals surface area contributed by atoms with E-state index in [1.165, 1.54) is 12.3 Å². The van der Waals surface area contributed by atoms with Crippen LogP contribution < -0.4 is 10.0 Å². The maximum absolute atomic E-state index is 12.0. The molecule has 0 saturated carbocycles. The molecule has 9 heteroatoms. The number of hydrogen-bond donors (Lipinski definition) is 2. The minimum Gasteiger partial charge on any atom is -0.382 e. The van der Waals surface area contributed by atoms with Gasteiger partial charge in [0.15, 0.2) is 5.82 Å². The molecule has 1 aromatic rings. The summed E-state index contributed by atoms with van der Waals surface area (Å²) in [6.07, 6.45) is 1.37. The van der Waals surface area contributed by atoms with Gasteiger partial charge in [-0.15, -0.1) is 0 Å². The normalized spacial score (nSPS) is 20.3. The van der Waals surface area contributed by atoms with Crippen molar-refractivity contribution >= 4 is 33.4 Å². The fraction of sp³-hybridized carbons (Fsp3) is 0.400. The first-order valence-electron chi connectivity index (χ1n) is 5.44. The van der Waals surface area contributed by atoms with E-state index >= 15 is 0 Å². The Kier molecular flexibility index (Phi) is 3.93. The molecule has 19 heavy (non-hydrogen) atoms. The summed E-state index contributed by atoms with van der Waals surface area (Å²) in [6, 6.07) is 1.14. The van der Waals surface area contributed by atoms with Gasteiger partial charge in [-0.05, 0) is 13.0 Å². The monoisotopic (exact) mass is 304 g/mol. The standard InChI is InChI=1S/C10H13ClN4O3S/c1-6(5-18-2)13-10-14-9-8(19(16,17)15-10)3-7(11)4-12-9/h3-4,6H,5H2,1-2H3,(H2,12,13,14,15). The summed E-state index contributed by atoms with van der Waals surface area (Å²) in [4.78, 5) is 8.10. The number of aromatic nitrogens is 1. The number of halogens is 1. The van der Waals surface area contributed by atoms with Crippen molar-refractivity contribution in [1.82, 2.24) is 9.71 Å². The first-order valence-corrected chi connectivity index (χ1v) is 7.30. The van der Waals surface area contributed by atoms with Crippen LogP contribution in [0.25, 0.3) is 0 Å². The average molecular weight is 305 g/mol. The van der Waals surface area contributed by atoms with Gasteiger partial charge in [0.2, 0.25) is 5.96 Å². The minimum atomic E-state index is -3.71. The van der Waals surface area contributed by atoms with Crippen LogP contribution in [0.5, 0.6) is 0 Å². The Hall–Kier alpha value is -1.38. The molecule has 104 valence electrons. The van der Waals surface area contributed by atoms with Crippen LogP contribution in [-0.2, 0) is 14.8 Å². The molecule has 2 heterocycles. The van der Waals surface area contributed by atoms with Crippen LogP contribution in [0.2, 0.25) is 5.02 Å². The smallest absolute Gasteiger partial charge is 0.267 e. The van der Waals surface area contributed by atoms with Gasteiger partial charge in [0.1, 0.15) is 4.90 Å². The third kappa shape index (κ3) is 3.14. The van der Waals surface area contributed by atoms with Crippen LogP contribution in [0.4, 0.5) is 5.82 Å². The van der Waals surface area contributed by atoms with Gasteiger partial charge < -0.3 is 10.1 Å². The van der Waals surface area contributed by atoms with Gasteiger partial charge in [0.25, 0.3) is 10.0 Å². The van der Waals surface area contributed by atoms with Crippen LogP contribution in [0.1, 0.15) is 6.92 Å². The van der Waals surface area contributed by atoms with Gasteiger partial charge in [-0.3, -0.25) is 0 Å². The molecule has 1 atom stereocenters. The predicted octanol–water partition coefficient (Wildman–Crippen LogP) is 0.830. The summed E-state index contributed by atoms with van der Waals surface area (Å²) in [7, 11) is -2.16. The zero-order valence-corrected chi connectivity index (χ0v) is 11.9. The summed E-state index contributed by atoms with van der Waals surface area (Å²) < 4.78 is 31.3. The number of hydrogen-bond acceptors (Lipinski definition) is 5. The number of nitrogens with one attached hydrogen (secondary N) is 2. The third-order valence-corrected chi connectivity index (χ3v) is 3.89. The molecule has 1 aliphatic rings. The number of methoxy groups -OCH3 is 1. The predicted molar refractivity (Wildman–Crippen MR) is 72.0 cm³/mol. The van der Waals surface area contributed by atoms with Crippen LogP contribution >= 0.6 is 11.6 Å². The molecular weight excluding hydrogens is 292 g/mol. The lowest BCUT2D eigenvalue weighted by Crippen LogP contribution is -2.42. The molecule has 1 aromatic heterocycles. The lowest BCUT2D eigenvalue weighted by Gasteiger charge is -2.21. The zero-order chi connectivity index (χ0) is 14.0. The van der Waals surface area contributed by atoms with E-state index in [1.807, 2.05) is 0 Å². The molecule has 0 spiro atoms. The van der Waals surface area contributed by atoms with E-state index in [0.29, 0.717) is 6.61 Å². The Morgan fingerprint density at radius 1 is 1.58 bits per heavy atom. The van der Waals surface area contributed by atoms with Gasteiger partial charge in [-0.25, -0.2) is 23.1 Å². The molecule has 2 rings (SSSR count). The lowest BCUT2D eigenvalue weighted by atomic mass is 10.4. The van der Waals surface area contributed by atoms with Gasteiger partial charge in [0, 0.05) is 13.3 Å². The largest absolute Gasteiger partial charge is 0.382 e. The fourth-order valence-corrected chi connectivity index (χ4v) is 2.93. The van der Waals surface area contributed by atoms with Crippen molar-refractivity contribution in [2.75, 3.05) is 19.0 Å². The van der Waals surface area contributed by atoms with Crippen molar-refractivity contribution in [2.45, 2.75) is 17.9 Å². The number of nitrogens with zero attached hydrogens (tertiary/aromatic N) is 2. The van der Waals surface area contributed by atoms with Crippen molar-refractivity contribution in [3.05, 3.63) is 17.3 Å². The topological polar surface area (TPSA) is 92.7 Å². The van der Waals surface area contributed by atoms with E-state index in [-0.39, 0.29) is 27.7 Å². The minimum absolute atomic E-state index is 0.00153. The maximum Gasteiger partial charge on any atom is 0.267 e. The molecule has 0 saturated heterocycles. The molecule has 2 N–H and O–H groups in total. The Morgan fingerprint density at radius 3 is 3.00 bits per heavy atom. The van der Waals surface area contributed by atoms with E-state index in [1.54, 1.807) is 14.0 Å². The highest BCUT2D eigenvalue weighted by Gasteiger charge is 2.28. The molecule has 1 aliphatic heterocycles. The van der Waals surface area contributed by atoms with Gasteiger partial charge in [-0.2, -0.15) is 0 Å². The van der Waals surface area contributed by atoms with Gasteiger partial charge >= 0.3 is 0 Å². The van der Waals surface area contributed by atoms with Crippen molar-refractivity contribution in [2.24, 2.45) is 4.99 Å². The molecular formula is C10H13ClN4O3S. The van der Waals surface area contributed by atoms with Crippen molar-refractivity contribution in [3.63, 3.8) is 0 Å². The highest BCUT2D eigenvalue weighted by atomic mass is 35.5. The molecule has 1 unspecified atom stereocenters. The average Bonchev–Trinajstić information content (AvgIpc) is 2.30. The van der Waals surface area contributed by atoms with Crippen LogP contribution in [0.15, 0.2) is 22.2 Å². The highest BCUT2D eigenvalue weighted by molar-refractivity contribution is 7.90. The molecule has 0 aromatic carbocycles. The third-order valence-electron chi connectivity index (χ3n) is 2.33. The quantitative estimate of drug-likeness (QED) is 0.863. The van der Waals surface area contributed by atoms with E-state index in [9.17, 15) is 8.42 Å². The summed E-state index contributed by atoms with van der Waals surface area (Å²) in [5.41, 5.74) is 0. The number of rotatable bonds is 3. The summed E-state index contributed by atoms with van der Waals surface area (Å²) in [5, 5.41) is 3.05. The molecule has 0 radical (unpaired) electrons. The fourth-order valence-electron chi connectivity index (χ4n) is 1.60. The van der Waals surface area contributed by atoms with Gasteiger partial charge in [-0.1, -0.05) is 11.6 Å². The number of ether oxygens (including phenoxy) is 1. The highest BCUT2D eigenvalue weighted by Crippen LogP contribution is 2.25. The molecule has 0 bridgehead atoms. The summed E-state index contributed by atoms with van der Waals surface area (Å²) in [5.74, 6) is 0.318. The first kappa shape index (κ1) is 14.0. The number of pyridine rings is 1. The second-order valence-corrected chi connectivity index (χ2v) is 6.10. The number of anilines is 1. The van der Waals surface area contributed by atoms with E-state index in [2.05, 4.69) is 20.0 Å². The maximum atomic E-state index is 12.0. The number of aliphatic imine (C=N–C) groups is 1. The molecule has 0 fully saturated rings. The number of guanidine groups is 1. The van der Waals surface area contributed by atoms with Crippen LogP contribution in [0, 0.1) is 0 Å². The summed E-state index contributed by atoms with van der Waals surface area (Å²) in [6.45, 7) is 2.19. The molecule has 0 aliphatic carbocycles. The second kappa shape index (κ2) is 5.32. The second-order valence-electron chi connectivity index (χ2n) is 4.01. The zero-order valence-electron chi connectivity index (χ0n) is 10.3. The molecule has 7 nitrogen and oxygen atoms in total. The van der Waals surface area contributed by atoms with Crippen LogP contribution in [-0.4, -0.2) is 39.1 Å². The molecule has 0 amide bonds. The van der Waals surface area contributed by atoms with Crippen molar-refractivity contribution in [1.29, 1.82) is 0 Å². The number of fused-ring (bicyclic) bond motifs is 1. The Morgan fingerprint density at radius 2 is 2.32 bits per heavy atom. The van der Waals surface area contributed by atoms with Crippen molar-refractivity contribution < 1.29 is 13.2 Å². The Labute approximate surface area is 116 Å². The van der Waals surface area contributed by atoms with E-state index in [4.69, 9.17) is 16.3 Å². The first-order chi connectivity index (χ1) is 8.92. The van der Waals surface area contributed by atoms with Gasteiger partial charge in [0.05, 0.1) is 17.7 Å². The van der Waals surface area contributed by atoms with Crippen molar-refractivity contribution in [3.8, 4) is 0 Å². The Bertz CT molecular complexity index is 617. The number of sulfonamides is 1. The van der Waals surface area contributed by atoms with E-state index in [0.717, 1.165) is 0 Å². The lowest BCUT2D eigenvalue weighted by molar-refractivity contribution is 0.186. The Balaban J connectivity index is 2.36. The SMILES string of the molecule is COCC(C)N=C1Nc2ncc(Cl)cc2S(=O)(=O)N1. The van der Waals surface area contributed by atoms with E-state index < -0.39 is 10.0 Å².